The van der Waals surface area contributed by atoms with Gasteiger partial charge in [0.05, 0.1) is 7.11 Å². The average molecular weight is 298 g/mol. The van der Waals surface area contributed by atoms with E-state index in [-0.39, 0.29) is 11.9 Å². The Morgan fingerprint density at radius 3 is 2.80 bits per heavy atom. The molecule has 1 N–H and O–H groups in total. The van der Waals surface area contributed by atoms with Crippen LogP contribution in [0.3, 0.4) is 0 Å². The highest BCUT2D eigenvalue weighted by atomic mass is 32.2. The number of rotatable bonds is 6. The minimum absolute atomic E-state index is 0.0140. The Morgan fingerprint density at radius 1 is 1.40 bits per heavy atom. The molecule has 0 bridgehead atoms. The first kappa shape index (κ1) is 15.6. The lowest BCUT2D eigenvalue weighted by Crippen LogP contribution is -2.38. The minimum atomic E-state index is -0.210. The molecule has 1 fully saturated rings. The molecule has 1 aliphatic heterocycles. The van der Waals surface area contributed by atoms with Gasteiger partial charge >= 0.3 is 0 Å². The zero-order valence-corrected chi connectivity index (χ0v) is 13.0. The number of nitrogens with zero attached hydrogens (tertiary/aromatic N) is 1. The number of ether oxygens (including phenoxy) is 1. The van der Waals surface area contributed by atoms with Gasteiger partial charge in [0.25, 0.3) is 0 Å². The summed E-state index contributed by atoms with van der Waals surface area (Å²) in [7, 11) is 1.55. The van der Waals surface area contributed by atoms with E-state index in [0.29, 0.717) is 11.3 Å². The van der Waals surface area contributed by atoms with Gasteiger partial charge in [-0.2, -0.15) is 11.8 Å². The van der Waals surface area contributed by atoms with E-state index in [1.165, 1.54) is 17.6 Å². The van der Waals surface area contributed by atoms with Gasteiger partial charge in [0.15, 0.2) is 0 Å². The third-order valence-electron chi connectivity index (χ3n) is 3.66. The second-order valence-electron chi connectivity index (χ2n) is 5.02. The number of benzene rings is 1. The van der Waals surface area contributed by atoms with E-state index < -0.39 is 0 Å². The molecular formula is C15H23FN2OS. The topological polar surface area (TPSA) is 24.5 Å². The van der Waals surface area contributed by atoms with E-state index in [2.05, 4.69) is 10.2 Å². The Kier molecular flexibility index (Phi) is 6.13. The maximum absolute atomic E-state index is 13.9. The molecule has 5 heteroatoms. The number of hydrogen-bond acceptors (Lipinski definition) is 4. The Bertz CT molecular complexity index is 424. The fourth-order valence-electron chi connectivity index (χ4n) is 2.36. The van der Waals surface area contributed by atoms with Crippen molar-refractivity contribution in [2.75, 3.05) is 44.8 Å². The van der Waals surface area contributed by atoms with Crippen LogP contribution in [0.4, 0.5) is 4.39 Å². The van der Waals surface area contributed by atoms with Crippen molar-refractivity contribution >= 4 is 11.8 Å². The summed E-state index contributed by atoms with van der Waals surface area (Å²) < 4.78 is 19.0. The van der Waals surface area contributed by atoms with E-state index in [4.69, 9.17) is 4.74 Å². The molecule has 3 nitrogen and oxygen atoms in total. The number of nitrogens with one attached hydrogen (secondary N) is 1. The molecule has 1 saturated heterocycles. The summed E-state index contributed by atoms with van der Waals surface area (Å²) in [5.74, 6) is 2.80. The minimum Gasteiger partial charge on any atom is -0.497 e. The molecule has 112 valence electrons. The summed E-state index contributed by atoms with van der Waals surface area (Å²) in [5.41, 5.74) is 0.694. The van der Waals surface area contributed by atoms with E-state index in [1.807, 2.05) is 18.7 Å². The lowest BCUT2D eigenvalue weighted by atomic mass is 10.1. The van der Waals surface area contributed by atoms with Crippen molar-refractivity contribution in [1.29, 1.82) is 0 Å². The first-order chi connectivity index (χ1) is 9.70. The van der Waals surface area contributed by atoms with Crippen LogP contribution in [0.2, 0.25) is 0 Å². The molecule has 20 heavy (non-hydrogen) atoms. The first-order valence-electron chi connectivity index (χ1n) is 7.07. The lowest BCUT2D eigenvalue weighted by Gasteiger charge is -2.27. The van der Waals surface area contributed by atoms with Crippen LogP contribution in [-0.4, -0.2) is 49.7 Å². The molecule has 0 spiro atoms. The van der Waals surface area contributed by atoms with Crippen LogP contribution in [0, 0.1) is 5.82 Å². The van der Waals surface area contributed by atoms with Crippen LogP contribution in [0.5, 0.6) is 5.75 Å². The highest BCUT2D eigenvalue weighted by molar-refractivity contribution is 7.99. The molecule has 0 radical (unpaired) electrons. The third-order valence-corrected chi connectivity index (χ3v) is 4.60. The Labute approximate surface area is 124 Å². The summed E-state index contributed by atoms with van der Waals surface area (Å²) >= 11 is 2.02. The van der Waals surface area contributed by atoms with Gasteiger partial charge in [0, 0.05) is 55.4 Å². The quantitative estimate of drug-likeness (QED) is 0.872. The summed E-state index contributed by atoms with van der Waals surface area (Å²) in [6.07, 6.45) is 0. The zero-order valence-electron chi connectivity index (χ0n) is 12.2. The maximum Gasteiger partial charge on any atom is 0.131 e. The predicted molar refractivity (Wildman–Crippen MR) is 83.1 cm³/mol. The van der Waals surface area contributed by atoms with E-state index in [9.17, 15) is 4.39 Å². The van der Waals surface area contributed by atoms with Crippen LogP contribution in [0.25, 0.3) is 0 Å². The van der Waals surface area contributed by atoms with Gasteiger partial charge in [-0.25, -0.2) is 4.39 Å². The normalized spacial score (nSPS) is 17.9. The lowest BCUT2D eigenvalue weighted by molar-refractivity contribution is 0.296. The average Bonchev–Trinajstić information content (AvgIpc) is 2.48. The molecule has 1 aliphatic rings. The van der Waals surface area contributed by atoms with Crippen LogP contribution in [0.15, 0.2) is 18.2 Å². The molecule has 1 aromatic carbocycles. The molecular weight excluding hydrogens is 275 g/mol. The first-order valence-corrected chi connectivity index (χ1v) is 8.23. The van der Waals surface area contributed by atoms with Crippen molar-refractivity contribution in [3.63, 3.8) is 0 Å². The largest absolute Gasteiger partial charge is 0.497 e. The van der Waals surface area contributed by atoms with Gasteiger partial charge in [-0.15, -0.1) is 0 Å². The van der Waals surface area contributed by atoms with Crippen molar-refractivity contribution in [2.24, 2.45) is 0 Å². The zero-order chi connectivity index (χ0) is 14.4. The molecule has 0 aliphatic carbocycles. The highest BCUT2D eigenvalue weighted by Crippen LogP contribution is 2.21. The molecule has 2 rings (SSSR count). The molecule has 0 aromatic heterocycles. The van der Waals surface area contributed by atoms with Crippen molar-refractivity contribution in [1.82, 2.24) is 10.2 Å². The Hall–Kier alpha value is -0.780. The standard InChI is InChI=1S/C15H23FN2OS/c1-12(14-4-3-13(19-2)11-15(14)16)17-5-6-18-7-9-20-10-8-18/h3-4,11-12,17H,5-10H2,1-2H3. The summed E-state index contributed by atoms with van der Waals surface area (Å²) in [6, 6.07) is 5.05. The van der Waals surface area contributed by atoms with E-state index >= 15 is 0 Å². The molecule has 0 saturated carbocycles. The fourth-order valence-corrected chi connectivity index (χ4v) is 3.34. The molecule has 1 unspecified atom stereocenters. The number of methoxy groups -OCH3 is 1. The fraction of sp³-hybridized carbons (Fsp3) is 0.600. The Balaban J connectivity index is 1.80. The highest BCUT2D eigenvalue weighted by Gasteiger charge is 2.13. The van der Waals surface area contributed by atoms with Gasteiger partial charge < -0.3 is 15.0 Å². The molecule has 1 atom stereocenters. The monoisotopic (exact) mass is 298 g/mol. The van der Waals surface area contributed by atoms with Crippen molar-refractivity contribution in [2.45, 2.75) is 13.0 Å². The maximum atomic E-state index is 13.9. The van der Waals surface area contributed by atoms with E-state index in [1.54, 1.807) is 19.2 Å². The Morgan fingerprint density at radius 2 is 2.15 bits per heavy atom. The number of halogens is 1. The van der Waals surface area contributed by atoms with Gasteiger partial charge in [-0.05, 0) is 13.0 Å². The molecule has 0 amide bonds. The second-order valence-corrected chi connectivity index (χ2v) is 6.24. The van der Waals surface area contributed by atoms with Crippen LogP contribution in [0.1, 0.15) is 18.5 Å². The van der Waals surface area contributed by atoms with Gasteiger partial charge in [0.2, 0.25) is 0 Å². The smallest absolute Gasteiger partial charge is 0.131 e. The molecule has 1 aromatic rings. The van der Waals surface area contributed by atoms with Crippen LogP contribution in [-0.2, 0) is 0 Å². The summed E-state index contributed by atoms with van der Waals surface area (Å²) in [5, 5.41) is 3.40. The van der Waals surface area contributed by atoms with Gasteiger partial charge in [-0.3, -0.25) is 0 Å². The third kappa shape index (κ3) is 4.36. The van der Waals surface area contributed by atoms with Crippen molar-refractivity contribution in [3.8, 4) is 5.75 Å². The number of hydrogen-bond donors (Lipinski definition) is 1. The summed E-state index contributed by atoms with van der Waals surface area (Å²) in [6.45, 7) is 6.24. The second kappa shape index (κ2) is 7.86. The van der Waals surface area contributed by atoms with Crippen molar-refractivity contribution < 1.29 is 9.13 Å². The predicted octanol–water partition coefficient (Wildman–Crippen LogP) is 2.53. The number of thioether (sulfide) groups is 1. The molecule has 1 heterocycles. The summed E-state index contributed by atoms with van der Waals surface area (Å²) in [4.78, 5) is 2.46. The van der Waals surface area contributed by atoms with Crippen LogP contribution < -0.4 is 10.1 Å². The van der Waals surface area contributed by atoms with Gasteiger partial charge in [-0.1, -0.05) is 6.07 Å². The van der Waals surface area contributed by atoms with Crippen LogP contribution >= 0.6 is 11.8 Å². The van der Waals surface area contributed by atoms with Crippen molar-refractivity contribution in [3.05, 3.63) is 29.6 Å². The SMILES string of the molecule is COc1ccc(C(C)NCCN2CCSCC2)c(F)c1. The van der Waals surface area contributed by atoms with Gasteiger partial charge in [0.1, 0.15) is 11.6 Å². The van der Waals surface area contributed by atoms with E-state index in [0.717, 1.165) is 26.2 Å².